The predicted octanol–water partition coefficient (Wildman–Crippen LogP) is 3.17. The molecule has 134 valence electrons. The van der Waals surface area contributed by atoms with Crippen LogP contribution in [0, 0.1) is 18.3 Å². The summed E-state index contributed by atoms with van der Waals surface area (Å²) in [5.74, 6) is -0.929. The van der Waals surface area contributed by atoms with Crippen LogP contribution in [0.1, 0.15) is 32.6 Å². The van der Waals surface area contributed by atoms with E-state index in [1.165, 1.54) is 6.92 Å². The second-order valence-electron chi connectivity index (χ2n) is 5.90. The first-order valence-electron chi connectivity index (χ1n) is 7.99. The van der Waals surface area contributed by atoms with E-state index in [-0.39, 0.29) is 23.2 Å². The molecule has 0 amide bonds. The largest absolute Gasteiger partial charge is 0.494 e. The number of rotatable bonds is 4. The Morgan fingerprint density at radius 3 is 2.59 bits per heavy atom. The lowest BCUT2D eigenvalue weighted by Crippen LogP contribution is -2.27. The van der Waals surface area contributed by atoms with E-state index in [0.29, 0.717) is 11.1 Å². The Hall–Kier alpha value is -3.24. The molecule has 1 N–H and O–H groups in total. The van der Waals surface area contributed by atoms with E-state index in [4.69, 9.17) is 0 Å². The van der Waals surface area contributed by atoms with Gasteiger partial charge < -0.3 is 5.11 Å². The van der Waals surface area contributed by atoms with Gasteiger partial charge in [0.05, 0.1) is 12.1 Å². The van der Waals surface area contributed by atoms with Gasteiger partial charge in [0.25, 0.3) is 5.56 Å². The molecule has 2 heterocycles. The number of aromatic hydroxyl groups is 1. The van der Waals surface area contributed by atoms with Gasteiger partial charge >= 0.3 is 0 Å². The number of hydrogen-bond donors (Lipinski definition) is 1. The van der Waals surface area contributed by atoms with Crippen molar-refractivity contribution in [1.82, 2.24) is 9.55 Å². The number of halogens is 1. The number of ketones is 1. The smallest absolute Gasteiger partial charge is 0.271 e. The van der Waals surface area contributed by atoms with Crippen LogP contribution in [0.25, 0.3) is 0 Å². The summed E-state index contributed by atoms with van der Waals surface area (Å²) in [4.78, 5) is 29.6. The first kappa shape index (κ1) is 18.5. The Kier molecular flexibility index (Phi) is 5.19. The summed E-state index contributed by atoms with van der Waals surface area (Å²) in [6.45, 7) is 1.48. The van der Waals surface area contributed by atoms with Crippen LogP contribution in [0.4, 0.5) is 0 Å². The van der Waals surface area contributed by atoms with Crippen LogP contribution in [0.15, 0.2) is 58.1 Å². The van der Waals surface area contributed by atoms with Crippen molar-refractivity contribution in [2.75, 3.05) is 0 Å². The molecule has 27 heavy (non-hydrogen) atoms. The molecule has 7 heteroatoms. The van der Waals surface area contributed by atoms with Gasteiger partial charge in [-0.3, -0.25) is 19.1 Å². The van der Waals surface area contributed by atoms with Crippen molar-refractivity contribution >= 4 is 21.7 Å². The van der Waals surface area contributed by atoms with Crippen molar-refractivity contribution in [1.29, 1.82) is 5.26 Å². The average Bonchev–Trinajstić information content (AvgIpc) is 2.67. The van der Waals surface area contributed by atoms with Crippen LogP contribution in [0.2, 0.25) is 0 Å². The summed E-state index contributed by atoms with van der Waals surface area (Å²) in [6, 6.07) is 11.9. The van der Waals surface area contributed by atoms with Crippen LogP contribution in [0.5, 0.6) is 5.88 Å². The van der Waals surface area contributed by atoms with E-state index in [0.717, 1.165) is 9.04 Å². The van der Waals surface area contributed by atoms with E-state index < -0.39 is 17.2 Å². The maximum absolute atomic E-state index is 13.0. The number of carbonyl (C=O) groups excluding carboxylic acids is 1. The maximum atomic E-state index is 13.0. The first-order chi connectivity index (χ1) is 12.9. The Balaban J connectivity index is 2.21. The Morgan fingerprint density at radius 1 is 1.30 bits per heavy atom. The average molecular weight is 424 g/mol. The zero-order valence-corrected chi connectivity index (χ0v) is 15.9. The molecule has 0 bridgehead atoms. The van der Waals surface area contributed by atoms with Crippen molar-refractivity contribution in [3.8, 4) is 11.9 Å². The predicted molar refractivity (Wildman–Crippen MR) is 103 cm³/mol. The third kappa shape index (κ3) is 3.52. The molecule has 0 spiro atoms. The number of benzene rings is 1. The van der Waals surface area contributed by atoms with Crippen LogP contribution in [-0.2, 0) is 6.54 Å². The van der Waals surface area contributed by atoms with Crippen molar-refractivity contribution in [3.05, 3.63) is 91.4 Å². The van der Waals surface area contributed by atoms with Crippen LogP contribution < -0.4 is 5.56 Å². The van der Waals surface area contributed by atoms with Crippen molar-refractivity contribution in [3.63, 3.8) is 0 Å². The van der Waals surface area contributed by atoms with Crippen molar-refractivity contribution < 1.29 is 9.90 Å². The fraction of sp³-hybridized carbons (Fsp3) is 0.100. The molecule has 1 aromatic carbocycles. The summed E-state index contributed by atoms with van der Waals surface area (Å²) in [7, 11) is 0. The second kappa shape index (κ2) is 7.56. The van der Waals surface area contributed by atoms with E-state index in [9.17, 15) is 20.0 Å². The zero-order chi connectivity index (χ0) is 19.6. The minimum atomic E-state index is -0.649. The van der Waals surface area contributed by atoms with Gasteiger partial charge in [-0.25, -0.2) is 0 Å². The molecule has 3 aromatic rings. The molecule has 0 saturated heterocycles. The van der Waals surface area contributed by atoms with E-state index in [2.05, 4.69) is 20.9 Å². The number of aromatic nitrogens is 2. The summed E-state index contributed by atoms with van der Waals surface area (Å²) < 4.78 is 1.83. The van der Waals surface area contributed by atoms with Gasteiger partial charge in [0.2, 0.25) is 5.88 Å². The van der Waals surface area contributed by atoms with Crippen LogP contribution >= 0.6 is 15.9 Å². The highest BCUT2D eigenvalue weighted by atomic mass is 79.9. The van der Waals surface area contributed by atoms with Gasteiger partial charge in [-0.15, -0.1) is 0 Å². The Morgan fingerprint density at radius 2 is 2.00 bits per heavy atom. The topological polar surface area (TPSA) is 96.0 Å². The van der Waals surface area contributed by atoms with Crippen molar-refractivity contribution in [2.45, 2.75) is 13.5 Å². The molecule has 0 radical (unpaired) electrons. The lowest BCUT2D eigenvalue weighted by Gasteiger charge is -2.15. The fourth-order valence-electron chi connectivity index (χ4n) is 2.79. The molecule has 0 aliphatic rings. The van der Waals surface area contributed by atoms with Gasteiger partial charge in [0, 0.05) is 22.4 Å². The van der Waals surface area contributed by atoms with E-state index >= 15 is 0 Å². The molecule has 2 aromatic heterocycles. The lowest BCUT2D eigenvalue weighted by atomic mass is 9.97. The fourth-order valence-corrected chi connectivity index (χ4v) is 3.05. The summed E-state index contributed by atoms with van der Waals surface area (Å²) in [5, 5.41) is 20.1. The summed E-state index contributed by atoms with van der Waals surface area (Å²) in [5.41, 5.74) is 0.283. The standard InChI is InChI=1S/C20H14BrN3O3/c1-12-16(9-22)19(26)24(11-13-3-2-8-23-10-13)20(27)17(12)18(25)14-4-6-15(21)7-5-14/h2-8,10,27H,11H2,1H3. The second-order valence-corrected chi connectivity index (χ2v) is 6.81. The van der Waals surface area contributed by atoms with E-state index in [1.807, 2.05) is 6.07 Å². The third-order valence-corrected chi connectivity index (χ3v) is 4.73. The molecule has 0 atom stereocenters. The third-order valence-electron chi connectivity index (χ3n) is 4.20. The zero-order valence-electron chi connectivity index (χ0n) is 14.3. The molecule has 0 aliphatic carbocycles. The molecule has 6 nitrogen and oxygen atoms in total. The van der Waals surface area contributed by atoms with Crippen molar-refractivity contribution in [2.24, 2.45) is 0 Å². The number of pyridine rings is 2. The number of nitrogens with zero attached hydrogens (tertiary/aromatic N) is 3. The summed E-state index contributed by atoms with van der Waals surface area (Å²) >= 11 is 3.31. The molecule has 0 unspecified atom stereocenters. The molecule has 0 saturated carbocycles. The molecular weight excluding hydrogens is 410 g/mol. The van der Waals surface area contributed by atoms with Gasteiger partial charge in [0.1, 0.15) is 11.6 Å². The van der Waals surface area contributed by atoms with Gasteiger partial charge in [-0.2, -0.15) is 5.26 Å². The van der Waals surface area contributed by atoms with Gasteiger partial charge in [-0.05, 0) is 48.4 Å². The minimum Gasteiger partial charge on any atom is -0.494 e. The highest BCUT2D eigenvalue weighted by molar-refractivity contribution is 9.10. The molecule has 0 aliphatic heterocycles. The summed E-state index contributed by atoms with van der Waals surface area (Å²) in [6.07, 6.45) is 3.14. The van der Waals surface area contributed by atoms with E-state index in [1.54, 1.807) is 48.8 Å². The van der Waals surface area contributed by atoms with Gasteiger partial charge in [-0.1, -0.05) is 22.0 Å². The monoisotopic (exact) mass is 423 g/mol. The highest BCUT2D eigenvalue weighted by Crippen LogP contribution is 2.26. The number of carbonyl (C=O) groups is 1. The minimum absolute atomic E-state index is 0.00587. The highest BCUT2D eigenvalue weighted by Gasteiger charge is 2.25. The van der Waals surface area contributed by atoms with Crippen LogP contribution in [-0.4, -0.2) is 20.4 Å². The normalized spacial score (nSPS) is 10.4. The van der Waals surface area contributed by atoms with Gasteiger partial charge in [0.15, 0.2) is 5.78 Å². The number of nitriles is 1. The lowest BCUT2D eigenvalue weighted by molar-refractivity contribution is 0.103. The SMILES string of the molecule is Cc1c(C(=O)c2ccc(Br)cc2)c(O)n(Cc2cccnc2)c(=O)c1C#N. The molecular formula is C20H14BrN3O3. The number of hydrogen-bond acceptors (Lipinski definition) is 5. The van der Waals surface area contributed by atoms with Crippen LogP contribution in [0.3, 0.4) is 0 Å². The maximum Gasteiger partial charge on any atom is 0.271 e. The Bertz CT molecular complexity index is 1110. The molecule has 0 fully saturated rings. The first-order valence-corrected chi connectivity index (χ1v) is 8.79. The molecule has 3 rings (SSSR count). The Labute approximate surface area is 163 Å². The quantitative estimate of drug-likeness (QED) is 0.650.